The van der Waals surface area contributed by atoms with E-state index in [0.717, 1.165) is 0 Å². The molecule has 0 fully saturated rings. The zero-order valence-corrected chi connectivity index (χ0v) is 12.8. The number of aromatic nitrogens is 2. The standard InChI is InChI=1S/C16H14N2O5/c1-21-11-7-10-13(15(23-3)14(11)22-2)17-9-6-4-5-8(16(19)20)12(9)18-10/h4-7H,1-3H3,(H,19,20). The molecule has 0 saturated carbocycles. The molecule has 0 radical (unpaired) electrons. The summed E-state index contributed by atoms with van der Waals surface area (Å²) in [7, 11) is 4.50. The molecular weight excluding hydrogens is 300 g/mol. The maximum absolute atomic E-state index is 11.4. The van der Waals surface area contributed by atoms with Gasteiger partial charge in [0.15, 0.2) is 11.5 Å². The predicted molar refractivity (Wildman–Crippen MR) is 83.7 cm³/mol. The molecule has 7 nitrogen and oxygen atoms in total. The molecule has 1 aromatic heterocycles. The normalized spacial score (nSPS) is 10.7. The van der Waals surface area contributed by atoms with Crippen LogP contribution in [-0.2, 0) is 0 Å². The third-order valence-corrected chi connectivity index (χ3v) is 3.49. The van der Waals surface area contributed by atoms with E-state index < -0.39 is 5.97 Å². The Kier molecular flexibility index (Phi) is 3.61. The topological polar surface area (TPSA) is 90.8 Å². The van der Waals surface area contributed by atoms with E-state index in [-0.39, 0.29) is 5.56 Å². The minimum atomic E-state index is -1.06. The average Bonchev–Trinajstić information content (AvgIpc) is 2.57. The molecule has 118 valence electrons. The van der Waals surface area contributed by atoms with Gasteiger partial charge in [0.05, 0.1) is 37.9 Å². The van der Waals surface area contributed by atoms with E-state index in [1.807, 2.05) is 0 Å². The highest BCUT2D eigenvalue weighted by Gasteiger charge is 2.20. The first-order valence-corrected chi connectivity index (χ1v) is 6.73. The molecule has 0 saturated heterocycles. The molecule has 1 N–H and O–H groups in total. The van der Waals surface area contributed by atoms with E-state index in [4.69, 9.17) is 14.2 Å². The Bertz CT molecular complexity index is 923. The maximum Gasteiger partial charge on any atom is 0.337 e. The quantitative estimate of drug-likeness (QED) is 0.740. The second-order valence-electron chi connectivity index (χ2n) is 4.72. The summed E-state index contributed by atoms with van der Waals surface area (Å²) in [6.45, 7) is 0. The summed E-state index contributed by atoms with van der Waals surface area (Å²) in [5.74, 6) is 0.164. The lowest BCUT2D eigenvalue weighted by Crippen LogP contribution is -2.02. The predicted octanol–water partition coefficient (Wildman–Crippen LogP) is 2.51. The number of nitrogens with zero attached hydrogens (tertiary/aromatic N) is 2. The number of benzene rings is 2. The first kappa shape index (κ1) is 14.8. The van der Waals surface area contributed by atoms with Gasteiger partial charge in [0.1, 0.15) is 11.0 Å². The van der Waals surface area contributed by atoms with Gasteiger partial charge in [0, 0.05) is 6.07 Å². The van der Waals surface area contributed by atoms with Crippen molar-refractivity contribution in [1.29, 1.82) is 0 Å². The molecule has 23 heavy (non-hydrogen) atoms. The first-order valence-electron chi connectivity index (χ1n) is 6.73. The number of hydrogen-bond donors (Lipinski definition) is 1. The van der Waals surface area contributed by atoms with Crippen LogP contribution in [0.4, 0.5) is 0 Å². The third-order valence-electron chi connectivity index (χ3n) is 3.49. The summed E-state index contributed by atoms with van der Waals surface area (Å²) < 4.78 is 16.0. The highest BCUT2D eigenvalue weighted by Crippen LogP contribution is 2.42. The van der Waals surface area contributed by atoms with E-state index in [1.165, 1.54) is 27.4 Å². The highest BCUT2D eigenvalue weighted by atomic mass is 16.5. The lowest BCUT2D eigenvalue weighted by atomic mass is 10.1. The monoisotopic (exact) mass is 314 g/mol. The van der Waals surface area contributed by atoms with Crippen LogP contribution in [0.1, 0.15) is 10.4 Å². The fraction of sp³-hybridized carbons (Fsp3) is 0.188. The van der Waals surface area contributed by atoms with Gasteiger partial charge >= 0.3 is 5.97 Å². The van der Waals surface area contributed by atoms with Crippen LogP contribution in [0, 0.1) is 0 Å². The van der Waals surface area contributed by atoms with E-state index >= 15 is 0 Å². The van der Waals surface area contributed by atoms with Gasteiger partial charge in [0.2, 0.25) is 5.75 Å². The van der Waals surface area contributed by atoms with Crippen LogP contribution in [0.2, 0.25) is 0 Å². The molecule has 0 aliphatic carbocycles. The van der Waals surface area contributed by atoms with Gasteiger partial charge in [-0.05, 0) is 12.1 Å². The average molecular weight is 314 g/mol. The molecule has 0 atom stereocenters. The Balaban J connectivity index is 2.46. The Morgan fingerprint density at radius 2 is 1.65 bits per heavy atom. The summed E-state index contributed by atoms with van der Waals surface area (Å²) in [5, 5.41) is 9.30. The summed E-state index contributed by atoms with van der Waals surface area (Å²) >= 11 is 0. The number of carboxylic acids is 1. The van der Waals surface area contributed by atoms with Gasteiger partial charge in [0.25, 0.3) is 0 Å². The van der Waals surface area contributed by atoms with E-state index in [2.05, 4.69) is 9.97 Å². The Morgan fingerprint density at radius 3 is 2.26 bits per heavy atom. The van der Waals surface area contributed by atoms with Crippen LogP contribution in [-0.4, -0.2) is 42.4 Å². The van der Waals surface area contributed by atoms with Crippen LogP contribution in [0.15, 0.2) is 24.3 Å². The Labute approximate surface area is 131 Å². The molecule has 0 aliphatic rings. The van der Waals surface area contributed by atoms with Crippen molar-refractivity contribution in [3.05, 3.63) is 29.8 Å². The van der Waals surface area contributed by atoms with Crippen LogP contribution >= 0.6 is 0 Å². The van der Waals surface area contributed by atoms with Crippen molar-refractivity contribution >= 4 is 28.0 Å². The van der Waals surface area contributed by atoms with Crippen molar-refractivity contribution in [2.24, 2.45) is 0 Å². The number of methoxy groups -OCH3 is 3. The molecule has 7 heteroatoms. The fourth-order valence-electron chi connectivity index (χ4n) is 2.47. The molecule has 0 aliphatic heterocycles. The number of carbonyl (C=O) groups is 1. The molecule has 3 aromatic rings. The summed E-state index contributed by atoms with van der Waals surface area (Å²) in [6.07, 6.45) is 0. The second-order valence-corrected chi connectivity index (χ2v) is 4.72. The Morgan fingerprint density at radius 1 is 0.957 bits per heavy atom. The number of hydrogen-bond acceptors (Lipinski definition) is 6. The second kappa shape index (κ2) is 5.60. The van der Waals surface area contributed by atoms with Crippen LogP contribution < -0.4 is 14.2 Å². The molecule has 3 rings (SSSR count). The molecule has 2 aromatic carbocycles. The summed E-state index contributed by atoms with van der Waals surface area (Å²) in [4.78, 5) is 20.3. The molecule has 0 bridgehead atoms. The van der Waals surface area contributed by atoms with Crippen molar-refractivity contribution in [2.75, 3.05) is 21.3 Å². The highest BCUT2D eigenvalue weighted by molar-refractivity contribution is 6.03. The zero-order chi connectivity index (χ0) is 16.6. The largest absolute Gasteiger partial charge is 0.493 e. The van der Waals surface area contributed by atoms with Crippen LogP contribution in [0.3, 0.4) is 0 Å². The smallest absolute Gasteiger partial charge is 0.337 e. The SMILES string of the molecule is COc1cc2nc3c(C(=O)O)cccc3nc2c(OC)c1OC. The number of carboxylic acid groups (broad SMARTS) is 1. The van der Waals surface area contributed by atoms with Crippen LogP contribution in [0.25, 0.3) is 22.1 Å². The van der Waals surface area contributed by atoms with Crippen molar-refractivity contribution in [2.45, 2.75) is 0 Å². The van der Waals surface area contributed by atoms with Crippen molar-refractivity contribution in [3.63, 3.8) is 0 Å². The van der Waals surface area contributed by atoms with Gasteiger partial charge in [-0.25, -0.2) is 14.8 Å². The minimum Gasteiger partial charge on any atom is -0.493 e. The molecular formula is C16H14N2O5. The van der Waals surface area contributed by atoms with Gasteiger partial charge in [-0.3, -0.25) is 0 Å². The van der Waals surface area contributed by atoms with Crippen molar-refractivity contribution < 1.29 is 24.1 Å². The van der Waals surface area contributed by atoms with Gasteiger partial charge in [-0.15, -0.1) is 0 Å². The molecule has 0 unspecified atom stereocenters. The fourth-order valence-corrected chi connectivity index (χ4v) is 2.47. The van der Waals surface area contributed by atoms with Gasteiger partial charge in [-0.1, -0.05) is 6.07 Å². The zero-order valence-electron chi connectivity index (χ0n) is 12.8. The lowest BCUT2D eigenvalue weighted by Gasteiger charge is -2.14. The van der Waals surface area contributed by atoms with Gasteiger partial charge < -0.3 is 19.3 Å². The number of ether oxygens (including phenoxy) is 3. The summed E-state index contributed by atoms with van der Waals surface area (Å²) in [5.41, 5.74) is 1.79. The van der Waals surface area contributed by atoms with E-state index in [1.54, 1.807) is 18.2 Å². The van der Waals surface area contributed by atoms with Crippen LogP contribution in [0.5, 0.6) is 17.2 Å². The number of fused-ring (bicyclic) bond motifs is 2. The van der Waals surface area contributed by atoms with E-state index in [0.29, 0.717) is 39.3 Å². The van der Waals surface area contributed by atoms with Gasteiger partial charge in [-0.2, -0.15) is 0 Å². The number of para-hydroxylation sites is 1. The summed E-state index contributed by atoms with van der Waals surface area (Å²) in [6, 6.07) is 6.45. The minimum absolute atomic E-state index is 0.0886. The molecule has 0 amide bonds. The van der Waals surface area contributed by atoms with Crippen molar-refractivity contribution in [3.8, 4) is 17.2 Å². The van der Waals surface area contributed by atoms with E-state index in [9.17, 15) is 9.90 Å². The number of rotatable bonds is 4. The molecule has 0 spiro atoms. The van der Waals surface area contributed by atoms with Crippen molar-refractivity contribution in [1.82, 2.24) is 9.97 Å². The lowest BCUT2D eigenvalue weighted by molar-refractivity contribution is 0.0699. The Hall–Kier alpha value is -3.09. The number of aromatic carboxylic acids is 1. The third kappa shape index (κ3) is 2.26. The first-order chi connectivity index (χ1) is 11.1. The maximum atomic E-state index is 11.4. The molecule has 1 heterocycles.